The van der Waals surface area contributed by atoms with Gasteiger partial charge in [0.1, 0.15) is 0 Å². The fourth-order valence-electron chi connectivity index (χ4n) is 2.42. The zero-order valence-electron chi connectivity index (χ0n) is 12.8. The van der Waals surface area contributed by atoms with Crippen molar-refractivity contribution in [3.8, 4) is 0 Å². The lowest BCUT2D eigenvalue weighted by molar-refractivity contribution is 0.546. The van der Waals surface area contributed by atoms with Crippen molar-refractivity contribution in [3.63, 3.8) is 0 Å². The lowest BCUT2D eigenvalue weighted by Crippen LogP contribution is -2.20. The van der Waals surface area contributed by atoms with Crippen molar-refractivity contribution in [2.75, 3.05) is 7.05 Å². The quantitative estimate of drug-likeness (QED) is 0.825. The maximum atomic E-state index is 6.50. The molecule has 2 aromatic heterocycles. The van der Waals surface area contributed by atoms with E-state index in [4.69, 9.17) is 23.2 Å². The van der Waals surface area contributed by atoms with Gasteiger partial charge in [-0.3, -0.25) is 4.68 Å². The molecule has 1 N–H and O–H groups in total. The van der Waals surface area contributed by atoms with Gasteiger partial charge >= 0.3 is 0 Å². The summed E-state index contributed by atoms with van der Waals surface area (Å²) >= 11 is 14.6. The fourth-order valence-corrected chi connectivity index (χ4v) is 4.20. The summed E-state index contributed by atoms with van der Waals surface area (Å²) in [7, 11) is 1.96. The summed E-state index contributed by atoms with van der Waals surface area (Å²) in [6.45, 7) is 7.02. The maximum Gasteiger partial charge on any atom is 0.0850 e. The van der Waals surface area contributed by atoms with Crippen LogP contribution in [-0.2, 0) is 19.4 Å². The van der Waals surface area contributed by atoms with E-state index in [1.165, 1.54) is 0 Å². The SMILES string of the molecule is CCc1nn(CC)c(CC(NC)c2scc(C)c2Cl)c1Cl. The van der Waals surface area contributed by atoms with Crippen LogP contribution in [0.15, 0.2) is 5.38 Å². The molecule has 0 bridgehead atoms. The molecule has 0 amide bonds. The van der Waals surface area contributed by atoms with E-state index in [9.17, 15) is 0 Å². The highest BCUT2D eigenvalue weighted by Gasteiger charge is 2.22. The molecule has 2 heterocycles. The van der Waals surface area contributed by atoms with Gasteiger partial charge in [-0.2, -0.15) is 5.10 Å². The van der Waals surface area contributed by atoms with Crippen molar-refractivity contribution >= 4 is 34.5 Å². The van der Waals surface area contributed by atoms with E-state index in [0.717, 1.165) is 51.3 Å². The molecule has 0 aliphatic rings. The van der Waals surface area contributed by atoms with Crippen LogP contribution in [0.25, 0.3) is 0 Å². The molecular formula is C15H21Cl2N3S. The third-order valence-electron chi connectivity index (χ3n) is 3.68. The molecule has 116 valence electrons. The molecule has 6 heteroatoms. The molecule has 2 aromatic rings. The Kier molecular flexibility index (Phi) is 5.72. The Morgan fingerprint density at radius 1 is 1.33 bits per heavy atom. The maximum absolute atomic E-state index is 6.50. The Balaban J connectivity index is 2.35. The number of thiophene rings is 1. The molecule has 0 radical (unpaired) electrons. The monoisotopic (exact) mass is 345 g/mol. The number of aromatic nitrogens is 2. The Bertz CT molecular complexity index is 619. The van der Waals surface area contributed by atoms with Crippen LogP contribution in [0.2, 0.25) is 10.0 Å². The van der Waals surface area contributed by atoms with Gasteiger partial charge < -0.3 is 5.32 Å². The van der Waals surface area contributed by atoms with Gasteiger partial charge in [-0.15, -0.1) is 11.3 Å². The van der Waals surface area contributed by atoms with Gasteiger partial charge in [-0.25, -0.2) is 0 Å². The summed E-state index contributed by atoms with van der Waals surface area (Å²) in [5.74, 6) is 0. The summed E-state index contributed by atoms with van der Waals surface area (Å²) in [5, 5.41) is 11.7. The number of likely N-dealkylation sites (N-methyl/N-ethyl adjacent to an activating group) is 1. The molecule has 2 rings (SSSR count). The van der Waals surface area contributed by atoms with Crippen molar-refractivity contribution in [1.82, 2.24) is 15.1 Å². The molecule has 0 aliphatic heterocycles. The van der Waals surface area contributed by atoms with E-state index in [1.807, 2.05) is 18.7 Å². The van der Waals surface area contributed by atoms with Gasteiger partial charge in [0.05, 0.1) is 21.4 Å². The van der Waals surface area contributed by atoms with Crippen molar-refractivity contribution < 1.29 is 0 Å². The molecule has 0 fully saturated rings. The van der Waals surface area contributed by atoms with Gasteiger partial charge in [0, 0.05) is 23.9 Å². The molecule has 1 atom stereocenters. The molecular weight excluding hydrogens is 325 g/mol. The Morgan fingerprint density at radius 3 is 2.52 bits per heavy atom. The number of aryl methyl sites for hydroxylation is 3. The fraction of sp³-hybridized carbons (Fsp3) is 0.533. The lowest BCUT2D eigenvalue weighted by atomic mass is 10.1. The standard InChI is InChI=1S/C15H21Cl2N3S/c1-5-10-14(17)12(20(6-2)19-10)7-11(18-4)15-13(16)9(3)8-21-15/h8,11,18H,5-7H2,1-4H3. The Hall–Kier alpha value is -0.550. The average Bonchev–Trinajstić information content (AvgIpc) is 2.98. The molecule has 1 unspecified atom stereocenters. The number of halogens is 2. The highest BCUT2D eigenvalue weighted by Crippen LogP contribution is 2.35. The molecule has 3 nitrogen and oxygen atoms in total. The molecule has 21 heavy (non-hydrogen) atoms. The predicted octanol–water partition coefficient (Wildman–Crippen LogP) is 4.65. The molecule has 0 spiro atoms. The molecule has 0 saturated heterocycles. The normalized spacial score (nSPS) is 12.9. The number of nitrogens with zero attached hydrogens (tertiary/aromatic N) is 2. The minimum atomic E-state index is 0.153. The molecule has 0 aromatic carbocycles. The summed E-state index contributed by atoms with van der Waals surface area (Å²) < 4.78 is 2.00. The zero-order chi connectivity index (χ0) is 15.6. The summed E-state index contributed by atoms with van der Waals surface area (Å²) in [5.41, 5.74) is 3.18. The average molecular weight is 346 g/mol. The van der Waals surface area contributed by atoms with Crippen molar-refractivity contribution in [2.45, 2.75) is 46.2 Å². The highest BCUT2D eigenvalue weighted by molar-refractivity contribution is 7.10. The van der Waals surface area contributed by atoms with Gasteiger partial charge in [0.2, 0.25) is 0 Å². The van der Waals surface area contributed by atoms with Crippen molar-refractivity contribution in [1.29, 1.82) is 0 Å². The first kappa shape index (κ1) is 16.8. The smallest absolute Gasteiger partial charge is 0.0850 e. The zero-order valence-corrected chi connectivity index (χ0v) is 15.2. The van der Waals surface area contributed by atoms with Crippen LogP contribution in [-0.4, -0.2) is 16.8 Å². The predicted molar refractivity (Wildman–Crippen MR) is 91.9 cm³/mol. The van der Waals surface area contributed by atoms with E-state index >= 15 is 0 Å². The second-order valence-electron chi connectivity index (χ2n) is 5.02. The minimum absolute atomic E-state index is 0.153. The van der Waals surface area contributed by atoms with Gasteiger partial charge in [-0.05, 0) is 38.3 Å². The van der Waals surface area contributed by atoms with E-state index in [-0.39, 0.29) is 6.04 Å². The second kappa shape index (κ2) is 7.14. The first-order valence-electron chi connectivity index (χ1n) is 7.18. The number of hydrogen-bond acceptors (Lipinski definition) is 3. The van der Waals surface area contributed by atoms with Crippen molar-refractivity contribution in [2.24, 2.45) is 0 Å². The Morgan fingerprint density at radius 2 is 2.05 bits per heavy atom. The topological polar surface area (TPSA) is 29.9 Å². The third kappa shape index (κ3) is 3.29. The van der Waals surface area contributed by atoms with E-state index in [0.29, 0.717) is 0 Å². The Labute approximate surface area is 140 Å². The molecule has 0 aliphatic carbocycles. The van der Waals surface area contributed by atoms with Crippen LogP contribution in [0.1, 0.15) is 41.7 Å². The first-order valence-corrected chi connectivity index (χ1v) is 8.81. The van der Waals surface area contributed by atoms with Crippen LogP contribution in [0.4, 0.5) is 0 Å². The number of rotatable bonds is 6. The summed E-state index contributed by atoms with van der Waals surface area (Å²) in [4.78, 5) is 1.16. The van der Waals surface area contributed by atoms with Crippen LogP contribution in [0.3, 0.4) is 0 Å². The van der Waals surface area contributed by atoms with E-state index in [1.54, 1.807) is 11.3 Å². The van der Waals surface area contributed by atoms with Gasteiger partial charge in [-0.1, -0.05) is 30.1 Å². The minimum Gasteiger partial charge on any atom is -0.312 e. The third-order valence-corrected chi connectivity index (χ3v) is 5.95. The van der Waals surface area contributed by atoms with E-state index < -0.39 is 0 Å². The van der Waals surface area contributed by atoms with E-state index in [2.05, 4.69) is 29.6 Å². The summed E-state index contributed by atoms with van der Waals surface area (Å²) in [6.07, 6.45) is 1.64. The van der Waals surface area contributed by atoms with Crippen LogP contribution < -0.4 is 5.32 Å². The van der Waals surface area contributed by atoms with Gasteiger partial charge in [0.15, 0.2) is 0 Å². The van der Waals surface area contributed by atoms with Crippen LogP contribution in [0, 0.1) is 6.92 Å². The first-order chi connectivity index (χ1) is 10.0. The summed E-state index contributed by atoms with van der Waals surface area (Å²) in [6, 6.07) is 0.153. The largest absolute Gasteiger partial charge is 0.312 e. The lowest BCUT2D eigenvalue weighted by Gasteiger charge is -2.16. The molecule has 0 saturated carbocycles. The second-order valence-corrected chi connectivity index (χ2v) is 6.69. The highest BCUT2D eigenvalue weighted by atomic mass is 35.5. The van der Waals surface area contributed by atoms with Crippen LogP contribution in [0.5, 0.6) is 0 Å². The number of hydrogen-bond donors (Lipinski definition) is 1. The van der Waals surface area contributed by atoms with Gasteiger partial charge in [0.25, 0.3) is 0 Å². The van der Waals surface area contributed by atoms with Crippen molar-refractivity contribution in [3.05, 3.63) is 37.3 Å². The van der Waals surface area contributed by atoms with Crippen LogP contribution >= 0.6 is 34.5 Å². The number of nitrogens with one attached hydrogen (secondary N) is 1.